The van der Waals surface area contributed by atoms with Crippen LogP contribution in [-0.2, 0) is 14.3 Å². The zero-order valence-electron chi connectivity index (χ0n) is 13.7. The van der Waals surface area contributed by atoms with Crippen LogP contribution in [0, 0.1) is 0 Å². The number of hydrogen-bond donors (Lipinski definition) is 2. The van der Waals surface area contributed by atoms with Gasteiger partial charge in [-0.2, -0.15) is 0 Å². The molecule has 8 nitrogen and oxygen atoms in total. The zero-order chi connectivity index (χ0) is 18.7. The molecule has 3 rings (SSSR count). The largest absolute Gasteiger partial charge is 0.462 e. The molecule has 4 amide bonds. The van der Waals surface area contributed by atoms with Gasteiger partial charge in [-0.3, -0.25) is 20.2 Å². The van der Waals surface area contributed by atoms with Crippen molar-refractivity contribution in [2.24, 2.45) is 0 Å². The highest BCUT2D eigenvalue weighted by Gasteiger charge is 2.28. The highest BCUT2D eigenvalue weighted by Crippen LogP contribution is 2.27. The van der Waals surface area contributed by atoms with Crippen LogP contribution in [0.2, 0.25) is 0 Å². The monoisotopic (exact) mass is 354 g/mol. The summed E-state index contributed by atoms with van der Waals surface area (Å²) in [6.45, 7) is 1.95. The van der Waals surface area contributed by atoms with Crippen molar-refractivity contribution in [2.45, 2.75) is 6.92 Å². The molecule has 0 atom stereocenters. The van der Waals surface area contributed by atoms with E-state index in [0.717, 1.165) is 0 Å². The second-order valence-corrected chi connectivity index (χ2v) is 5.26. The van der Waals surface area contributed by atoms with E-state index < -0.39 is 23.8 Å². The number of ether oxygens (including phenoxy) is 1. The van der Waals surface area contributed by atoms with Gasteiger partial charge < -0.3 is 9.15 Å². The Hall–Kier alpha value is -3.68. The number of esters is 1. The Morgan fingerprint density at radius 1 is 1.08 bits per heavy atom. The predicted octanol–water partition coefficient (Wildman–Crippen LogP) is 1.87. The molecular weight excluding hydrogens is 340 g/mol. The van der Waals surface area contributed by atoms with Crippen molar-refractivity contribution in [2.75, 3.05) is 6.61 Å². The van der Waals surface area contributed by atoms with Crippen LogP contribution >= 0.6 is 0 Å². The van der Waals surface area contributed by atoms with Crippen molar-refractivity contribution in [1.82, 2.24) is 10.6 Å². The smallest absolute Gasteiger partial charge is 0.338 e. The molecule has 1 aromatic heterocycles. The van der Waals surface area contributed by atoms with Gasteiger partial charge in [-0.25, -0.2) is 9.59 Å². The summed E-state index contributed by atoms with van der Waals surface area (Å²) in [6.07, 6.45) is 1.22. The number of benzene rings is 1. The van der Waals surface area contributed by atoms with Gasteiger partial charge in [0.25, 0.3) is 11.8 Å². The van der Waals surface area contributed by atoms with Gasteiger partial charge in [0.05, 0.1) is 12.2 Å². The number of amides is 4. The summed E-state index contributed by atoms with van der Waals surface area (Å²) in [5.74, 6) is -1.53. The molecule has 8 heteroatoms. The van der Waals surface area contributed by atoms with Gasteiger partial charge in [0.1, 0.15) is 17.1 Å². The minimum atomic E-state index is -0.874. The van der Waals surface area contributed by atoms with Crippen molar-refractivity contribution in [1.29, 1.82) is 0 Å². The van der Waals surface area contributed by atoms with Crippen LogP contribution in [0.15, 0.2) is 46.4 Å². The average Bonchev–Trinajstić information content (AvgIpc) is 3.07. The van der Waals surface area contributed by atoms with Crippen molar-refractivity contribution in [3.8, 4) is 11.3 Å². The normalized spacial score (nSPS) is 13.9. The second kappa shape index (κ2) is 7.06. The Balaban J connectivity index is 1.93. The average molecular weight is 354 g/mol. The molecule has 1 fully saturated rings. The summed E-state index contributed by atoms with van der Waals surface area (Å²) in [5, 5.41) is 3.95. The minimum Gasteiger partial charge on any atom is -0.462 e. The fraction of sp³-hybridized carbons (Fsp3) is 0.111. The molecule has 1 saturated heterocycles. The Morgan fingerprint density at radius 3 is 2.46 bits per heavy atom. The Labute approximate surface area is 147 Å². The van der Waals surface area contributed by atoms with Crippen LogP contribution in [0.5, 0.6) is 0 Å². The molecule has 1 aliphatic heterocycles. The van der Waals surface area contributed by atoms with Crippen LogP contribution in [0.25, 0.3) is 17.4 Å². The second-order valence-electron chi connectivity index (χ2n) is 5.26. The first-order valence-corrected chi connectivity index (χ1v) is 7.74. The quantitative estimate of drug-likeness (QED) is 0.492. The van der Waals surface area contributed by atoms with Crippen LogP contribution < -0.4 is 10.6 Å². The van der Waals surface area contributed by atoms with Gasteiger partial charge in [0.2, 0.25) is 0 Å². The van der Waals surface area contributed by atoms with Crippen LogP contribution in [-0.4, -0.2) is 30.4 Å². The number of hydrogen-bond acceptors (Lipinski definition) is 6. The summed E-state index contributed by atoms with van der Waals surface area (Å²) in [7, 11) is 0. The molecule has 0 spiro atoms. The van der Waals surface area contributed by atoms with Crippen LogP contribution in [0.1, 0.15) is 23.0 Å². The highest BCUT2D eigenvalue weighted by atomic mass is 16.5. The number of rotatable bonds is 4. The predicted molar refractivity (Wildman–Crippen MR) is 89.8 cm³/mol. The first-order chi connectivity index (χ1) is 12.5. The SMILES string of the molecule is CCOC(=O)c1ccccc1-c1ccc(C=C2C(=O)NC(=O)NC2=O)o1. The van der Waals surface area contributed by atoms with Crippen molar-refractivity contribution in [3.63, 3.8) is 0 Å². The van der Waals surface area contributed by atoms with Gasteiger partial charge >= 0.3 is 12.0 Å². The van der Waals surface area contributed by atoms with E-state index in [2.05, 4.69) is 0 Å². The highest BCUT2D eigenvalue weighted by molar-refractivity contribution is 6.31. The molecule has 0 radical (unpaired) electrons. The molecule has 2 N–H and O–H groups in total. The van der Waals surface area contributed by atoms with Gasteiger partial charge in [-0.15, -0.1) is 0 Å². The van der Waals surface area contributed by atoms with E-state index in [9.17, 15) is 19.2 Å². The number of barbiturate groups is 1. The lowest BCUT2D eigenvalue weighted by atomic mass is 10.1. The molecule has 0 bridgehead atoms. The fourth-order valence-electron chi connectivity index (χ4n) is 2.41. The fourth-order valence-corrected chi connectivity index (χ4v) is 2.41. The van der Waals surface area contributed by atoms with Crippen molar-refractivity contribution in [3.05, 3.63) is 53.3 Å². The molecular formula is C18H14N2O6. The Morgan fingerprint density at radius 2 is 1.77 bits per heavy atom. The molecule has 2 heterocycles. The van der Waals surface area contributed by atoms with E-state index in [1.54, 1.807) is 43.3 Å². The topological polar surface area (TPSA) is 115 Å². The third-order valence-electron chi connectivity index (χ3n) is 3.54. The van der Waals surface area contributed by atoms with E-state index >= 15 is 0 Å². The van der Waals surface area contributed by atoms with Gasteiger partial charge in [-0.05, 0) is 31.2 Å². The maximum absolute atomic E-state index is 12.1. The molecule has 132 valence electrons. The standard InChI is InChI=1S/C18H14N2O6/c1-2-25-17(23)12-6-4-3-5-11(12)14-8-7-10(26-14)9-13-15(21)19-18(24)20-16(13)22/h3-9H,2H2,1H3,(H2,19,20,21,22,24). The first kappa shape index (κ1) is 17.2. The number of nitrogens with one attached hydrogen (secondary N) is 2. The van der Waals surface area contributed by atoms with E-state index in [0.29, 0.717) is 16.9 Å². The Kier molecular flexibility index (Phi) is 4.66. The summed E-state index contributed by atoms with van der Waals surface area (Å²) in [5.41, 5.74) is 0.592. The molecule has 0 aliphatic carbocycles. The number of urea groups is 1. The molecule has 0 unspecified atom stereocenters. The molecule has 26 heavy (non-hydrogen) atoms. The van der Waals surface area contributed by atoms with E-state index in [1.165, 1.54) is 6.08 Å². The summed E-state index contributed by atoms with van der Waals surface area (Å²) in [4.78, 5) is 46.6. The minimum absolute atomic E-state index is 0.216. The Bertz CT molecular complexity index is 919. The number of carbonyl (C=O) groups is 4. The third kappa shape index (κ3) is 3.39. The van der Waals surface area contributed by atoms with Gasteiger partial charge in [0, 0.05) is 5.56 Å². The lowest BCUT2D eigenvalue weighted by Gasteiger charge is -2.13. The van der Waals surface area contributed by atoms with Crippen LogP contribution in [0.3, 0.4) is 0 Å². The number of carbonyl (C=O) groups excluding carboxylic acids is 4. The van der Waals surface area contributed by atoms with Crippen LogP contribution in [0.4, 0.5) is 4.79 Å². The lowest BCUT2D eigenvalue weighted by molar-refractivity contribution is -0.123. The summed E-state index contributed by atoms with van der Waals surface area (Å²) >= 11 is 0. The van der Waals surface area contributed by atoms with E-state index in [4.69, 9.17) is 9.15 Å². The van der Waals surface area contributed by atoms with Crippen molar-refractivity contribution < 1.29 is 28.3 Å². The zero-order valence-corrected chi connectivity index (χ0v) is 13.7. The van der Waals surface area contributed by atoms with Crippen molar-refractivity contribution >= 4 is 29.9 Å². The molecule has 1 aromatic carbocycles. The third-order valence-corrected chi connectivity index (χ3v) is 3.54. The molecule has 2 aromatic rings. The number of imide groups is 2. The van der Waals surface area contributed by atoms with Gasteiger partial charge in [0.15, 0.2) is 0 Å². The summed E-state index contributed by atoms with van der Waals surface area (Å²) < 4.78 is 10.7. The molecule has 0 saturated carbocycles. The maximum Gasteiger partial charge on any atom is 0.338 e. The first-order valence-electron chi connectivity index (χ1n) is 7.74. The van der Waals surface area contributed by atoms with E-state index in [-0.39, 0.29) is 17.9 Å². The maximum atomic E-state index is 12.1. The lowest BCUT2D eigenvalue weighted by Crippen LogP contribution is -2.51. The van der Waals surface area contributed by atoms with Gasteiger partial charge in [-0.1, -0.05) is 18.2 Å². The summed E-state index contributed by atoms with van der Waals surface area (Å²) in [6, 6.07) is 9.03. The molecule has 1 aliphatic rings. The number of furan rings is 1. The van der Waals surface area contributed by atoms with E-state index in [1.807, 2.05) is 10.6 Å².